The van der Waals surface area contributed by atoms with Crippen LogP contribution >= 0.6 is 11.6 Å². The van der Waals surface area contributed by atoms with Gasteiger partial charge in [0, 0.05) is 36.7 Å². The fourth-order valence-electron chi connectivity index (χ4n) is 2.24. The van der Waals surface area contributed by atoms with Gasteiger partial charge in [-0.2, -0.15) is 4.98 Å². The fourth-order valence-corrected chi connectivity index (χ4v) is 2.41. The Morgan fingerprint density at radius 2 is 2.36 bits per heavy atom. The summed E-state index contributed by atoms with van der Waals surface area (Å²) < 4.78 is 10.3. The first-order chi connectivity index (χ1) is 12.2. The van der Waals surface area contributed by atoms with Gasteiger partial charge in [0.2, 0.25) is 5.82 Å². The number of carbonyl (C=O) groups is 1. The van der Waals surface area contributed by atoms with Crippen LogP contribution in [0.3, 0.4) is 0 Å². The Morgan fingerprint density at radius 1 is 1.48 bits per heavy atom. The highest BCUT2D eigenvalue weighted by Crippen LogP contribution is 2.30. The molecule has 0 radical (unpaired) electrons. The molecular weight excluding hydrogens is 346 g/mol. The summed E-state index contributed by atoms with van der Waals surface area (Å²) in [6, 6.07) is 5.04. The topological polar surface area (TPSA) is 92.8 Å². The highest BCUT2D eigenvalue weighted by Gasteiger charge is 2.18. The molecular formula is C16H16ClN5O3. The molecule has 8 nitrogen and oxygen atoms in total. The van der Waals surface area contributed by atoms with Crippen molar-refractivity contribution in [2.75, 3.05) is 26.7 Å². The molecule has 1 amide bonds. The van der Waals surface area contributed by atoms with E-state index in [0.29, 0.717) is 36.0 Å². The van der Waals surface area contributed by atoms with E-state index in [2.05, 4.69) is 20.4 Å². The molecule has 0 spiro atoms. The predicted molar refractivity (Wildman–Crippen MR) is 92.8 cm³/mol. The molecule has 25 heavy (non-hydrogen) atoms. The molecule has 0 atom stereocenters. The highest BCUT2D eigenvalue weighted by molar-refractivity contribution is 6.30. The molecule has 0 saturated carbocycles. The van der Waals surface area contributed by atoms with E-state index in [0.717, 1.165) is 0 Å². The summed E-state index contributed by atoms with van der Waals surface area (Å²) >= 11 is 5.99. The maximum Gasteiger partial charge on any atom is 0.316 e. The predicted octanol–water partition coefficient (Wildman–Crippen LogP) is 1.99. The minimum Gasteiger partial charge on any atom is -0.496 e. The van der Waals surface area contributed by atoms with Crippen molar-refractivity contribution in [3.05, 3.63) is 41.5 Å². The van der Waals surface area contributed by atoms with Gasteiger partial charge in [-0.25, -0.2) is 0 Å². The molecule has 2 aromatic rings. The lowest BCUT2D eigenvalue weighted by atomic mass is 10.2. The zero-order valence-electron chi connectivity index (χ0n) is 13.5. The number of nitrogens with zero attached hydrogens (tertiary/aromatic N) is 4. The number of amides is 1. The van der Waals surface area contributed by atoms with E-state index >= 15 is 0 Å². The van der Waals surface area contributed by atoms with Gasteiger partial charge >= 0.3 is 11.8 Å². The Hall–Kier alpha value is -2.87. The molecule has 9 heteroatoms. The number of aliphatic imine (C=N–C) groups is 1. The van der Waals surface area contributed by atoms with E-state index in [-0.39, 0.29) is 11.7 Å². The smallest absolute Gasteiger partial charge is 0.316 e. The van der Waals surface area contributed by atoms with Crippen molar-refractivity contribution in [2.45, 2.75) is 0 Å². The number of hydrogen-bond donors (Lipinski definition) is 1. The summed E-state index contributed by atoms with van der Waals surface area (Å²) in [5.41, 5.74) is 0.551. The van der Waals surface area contributed by atoms with Crippen LogP contribution in [0.5, 0.6) is 5.75 Å². The third kappa shape index (κ3) is 4.16. The number of halogens is 1. The van der Waals surface area contributed by atoms with Gasteiger partial charge in [-0.05, 0) is 18.2 Å². The van der Waals surface area contributed by atoms with E-state index in [1.165, 1.54) is 7.11 Å². The maximum atomic E-state index is 12.1. The largest absolute Gasteiger partial charge is 0.496 e. The number of hydrogen-bond acceptors (Lipinski definition) is 7. The van der Waals surface area contributed by atoms with E-state index in [4.69, 9.17) is 20.9 Å². The third-order valence-electron chi connectivity index (χ3n) is 3.49. The number of carbonyl (C=O) groups excluding carboxylic acids is 1. The molecule has 1 aliphatic rings. The summed E-state index contributed by atoms with van der Waals surface area (Å²) in [6.07, 6.45) is 5.36. The molecule has 0 aliphatic carbocycles. The molecule has 1 N–H and O–H groups in total. The van der Waals surface area contributed by atoms with Crippen LogP contribution in [0.15, 0.2) is 40.1 Å². The molecule has 0 unspecified atom stereocenters. The Labute approximate surface area is 149 Å². The van der Waals surface area contributed by atoms with Crippen molar-refractivity contribution in [3.63, 3.8) is 0 Å². The number of rotatable bonds is 6. The van der Waals surface area contributed by atoms with Crippen molar-refractivity contribution in [2.24, 2.45) is 4.99 Å². The SMILES string of the molecule is COc1ccc(Cl)cc1-c1noc(C(=O)NCCN2C=CN=CC2)n1. The van der Waals surface area contributed by atoms with Gasteiger partial charge in [0.25, 0.3) is 0 Å². The standard InChI is InChI=1S/C16H16ClN5O3/c1-24-13-3-2-11(17)10-12(13)14-20-16(25-21-14)15(23)19-6-9-22-7-4-18-5-8-22/h2-5,7,10H,6,8-9H2,1H3,(H,19,23). The number of methoxy groups -OCH3 is 1. The second kappa shape index (κ2) is 7.80. The lowest BCUT2D eigenvalue weighted by molar-refractivity contribution is 0.0907. The monoisotopic (exact) mass is 361 g/mol. The molecule has 1 aromatic heterocycles. The van der Waals surface area contributed by atoms with Gasteiger partial charge in [-0.15, -0.1) is 0 Å². The Morgan fingerprint density at radius 3 is 3.12 bits per heavy atom. The van der Waals surface area contributed by atoms with Crippen LogP contribution in [0.2, 0.25) is 5.02 Å². The summed E-state index contributed by atoms with van der Waals surface area (Å²) in [5, 5.41) is 7.07. The molecule has 0 saturated heterocycles. The van der Waals surface area contributed by atoms with Gasteiger partial charge in [0.1, 0.15) is 5.75 Å². The molecule has 2 heterocycles. The van der Waals surface area contributed by atoms with Crippen LogP contribution in [0, 0.1) is 0 Å². The highest BCUT2D eigenvalue weighted by atomic mass is 35.5. The number of nitrogens with one attached hydrogen (secondary N) is 1. The van der Waals surface area contributed by atoms with Crippen molar-refractivity contribution >= 4 is 23.7 Å². The van der Waals surface area contributed by atoms with Gasteiger partial charge in [-0.3, -0.25) is 9.79 Å². The van der Waals surface area contributed by atoms with Crippen LogP contribution in [0.25, 0.3) is 11.4 Å². The molecule has 3 rings (SSSR count). The third-order valence-corrected chi connectivity index (χ3v) is 3.73. The normalized spacial score (nSPS) is 13.1. The molecule has 130 valence electrons. The quantitative estimate of drug-likeness (QED) is 0.845. The van der Waals surface area contributed by atoms with Gasteiger partial charge < -0.3 is 19.5 Å². The van der Waals surface area contributed by atoms with Crippen LogP contribution in [-0.4, -0.2) is 53.9 Å². The lowest BCUT2D eigenvalue weighted by Crippen LogP contribution is -2.34. The lowest BCUT2D eigenvalue weighted by Gasteiger charge is -2.19. The van der Waals surface area contributed by atoms with E-state index in [1.807, 2.05) is 11.1 Å². The second-order valence-corrected chi connectivity index (χ2v) is 5.58. The first kappa shape index (κ1) is 17.0. The maximum absolute atomic E-state index is 12.1. The van der Waals surface area contributed by atoms with Gasteiger partial charge in [-0.1, -0.05) is 16.8 Å². The van der Waals surface area contributed by atoms with Crippen LogP contribution in [0.1, 0.15) is 10.7 Å². The number of aromatic nitrogens is 2. The van der Waals surface area contributed by atoms with Crippen molar-refractivity contribution in [1.29, 1.82) is 0 Å². The van der Waals surface area contributed by atoms with E-state index in [9.17, 15) is 4.79 Å². The Balaban J connectivity index is 1.63. The van der Waals surface area contributed by atoms with Gasteiger partial charge in [0.05, 0.1) is 19.2 Å². The van der Waals surface area contributed by atoms with E-state index < -0.39 is 5.91 Å². The number of benzene rings is 1. The van der Waals surface area contributed by atoms with Gasteiger partial charge in [0.15, 0.2) is 0 Å². The summed E-state index contributed by atoms with van der Waals surface area (Å²) in [4.78, 5) is 22.2. The average Bonchev–Trinajstić information content (AvgIpc) is 3.12. The van der Waals surface area contributed by atoms with Crippen molar-refractivity contribution in [1.82, 2.24) is 20.4 Å². The Bertz CT molecular complexity index is 818. The molecule has 0 fully saturated rings. The second-order valence-electron chi connectivity index (χ2n) is 5.15. The first-order valence-corrected chi connectivity index (χ1v) is 7.93. The zero-order chi connectivity index (χ0) is 17.6. The molecule has 0 bridgehead atoms. The first-order valence-electron chi connectivity index (χ1n) is 7.55. The zero-order valence-corrected chi connectivity index (χ0v) is 14.2. The number of ether oxygens (including phenoxy) is 1. The summed E-state index contributed by atoms with van der Waals surface area (Å²) in [7, 11) is 1.53. The molecule has 1 aliphatic heterocycles. The van der Waals surface area contributed by atoms with Crippen LogP contribution in [-0.2, 0) is 0 Å². The molecule has 1 aromatic carbocycles. The summed E-state index contributed by atoms with van der Waals surface area (Å²) in [6.45, 7) is 1.80. The van der Waals surface area contributed by atoms with Crippen molar-refractivity contribution in [3.8, 4) is 17.1 Å². The minimum absolute atomic E-state index is 0.118. The van der Waals surface area contributed by atoms with Crippen LogP contribution in [0.4, 0.5) is 0 Å². The average molecular weight is 362 g/mol. The van der Waals surface area contributed by atoms with Crippen molar-refractivity contribution < 1.29 is 14.1 Å². The van der Waals surface area contributed by atoms with E-state index in [1.54, 1.807) is 30.6 Å². The summed E-state index contributed by atoms with van der Waals surface area (Å²) in [5.74, 6) is 0.220. The Kier molecular flexibility index (Phi) is 5.30. The fraction of sp³-hybridized carbons (Fsp3) is 0.250. The van der Waals surface area contributed by atoms with Crippen LogP contribution < -0.4 is 10.1 Å². The minimum atomic E-state index is -0.436.